The van der Waals surface area contributed by atoms with Crippen LogP contribution < -0.4 is 5.32 Å². The summed E-state index contributed by atoms with van der Waals surface area (Å²) in [4.78, 5) is 27.3. The average Bonchev–Trinajstić information content (AvgIpc) is 3.39. The van der Waals surface area contributed by atoms with E-state index in [0.29, 0.717) is 23.7 Å². The molecule has 3 heterocycles. The maximum atomic E-state index is 13.7. The third-order valence-electron chi connectivity index (χ3n) is 5.02. The SMILES string of the molecule is Cc1nnsc1C(=O)N1CCC(c2cc(C(=O)Nc3ccccc3F)n[nH]2)CC1. The number of piperidine rings is 1. The maximum absolute atomic E-state index is 13.7. The van der Waals surface area contributed by atoms with Crippen molar-refractivity contribution < 1.29 is 14.0 Å². The average molecular weight is 414 g/mol. The number of aryl methyl sites for hydroxylation is 1. The van der Waals surface area contributed by atoms with Crippen LogP contribution >= 0.6 is 11.5 Å². The van der Waals surface area contributed by atoms with E-state index in [9.17, 15) is 14.0 Å². The number of aromatic nitrogens is 4. The third-order valence-corrected chi connectivity index (χ3v) is 5.84. The number of hydrogen-bond acceptors (Lipinski definition) is 6. The van der Waals surface area contributed by atoms with Crippen LogP contribution in [0.1, 0.15) is 50.3 Å². The summed E-state index contributed by atoms with van der Waals surface area (Å²) >= 11 is 1.12. The van der Waals surface area contributed by atoms with Gasteiger partial charge in [-0.05, 0) is 49.5 Å². The highest BCUT2D eigenvalue weighted by Gasteiger charge is 2.28. The zero-order valence-corrected chi connectivity index (χ0v) is 16.5. The molecule has 1 aliphatic rings. The number of halogens is 1. The normalized spacial score (nSPS) is 14.8. The summed E-state index contributed by atoms with van der Waals surface area (Å²) in [6, 6.07) is 7.67. The number of carbonyl (C=O) groups excluding carboxylic acids is 2. The van der Waals surface area contributed by atoms with E-state index in [2.05, 4.69) is 25.1 Å². The van der Waals surface area contributed by atoms with E-state index in [1.165, 1.54) is 12.1 Å². The first-order valence-electron chi connectivity index (χ1n) is 9.22. The monoisotopic (exact) mass is 414 g/mol. The van der Waals surface area contributed by atoms with Gasteiger partial charge in [0.2, 0.25) is 0 Å². The molecule has 1 saturated heterocycles. The number of rotatable bonds is 4. The zero-order chi connectivity index (χ0) is 20.4. The molecular weight excluding hydrogens is 395 g/mol. The van der Waals surface area contributed by atoms with E-state index >= 15 is 0 Å². The van der Waals surface area contributed by atoms with Crippen LogP contribution in [0, 0.1) is 12.7 Å². The van der Waals surface area contributed by atoms with E-state index in [4.69, 9.17) is 0 Å². The van der Waals surface area contributed by atoms with Gasteiger partial charge in [0.15, 0.2) is 5.69 Å². The molecule has 0 spiro atoms. The smallest absolute Gasteiger partial charge is 0.276 e. The molecule has 0 bridgehead atoms. The van der Waals surface area contributed by atoms with Crippen molar-refractivity contribution in [3.63, 3.8) is 0 Å². The second-order valence-corrected chi connectivity index (χ2v) is 7.65. The molecule has 4 rings (SSSR count). The van der Waals surface area contributed by atoms with Crippen molar-refractivity contribution >= 4 is 29.0 Å². The predicted octanol–water partition coefficient (Wildman–Crippen LogP) is 2.98. The van der Waals surface area contributed by atoms with Gasteiger partial charge in [-0.3, -0.25) is 14.7 Å². The molecule has 8 nitrogen and oxygen atoms in total. The van der Waals surface area contributed by atoms with E-state index in [1.807, 2.05) is 0 Å². The molecule has 0 saturated carbocycles. The van der Waals surface area contributed by atoms with Crippen LogP contribution in [0.3, 0.4) is 0 Å². The first-order chi connectivity index (χ1) is 14.0. The van der Waals surface area contributed by atoms with Gasteiger partial charge in [0.25, 0.3) is 11.8 Å². The first-order valence-corrected chi connectivity index (χ1v) is 9.99. The van der Waals surface area contributed by atoms with Crippen LogP contribution in [-0.2, 0) is 0 Å². The lowest BCUT2D eigenvalue weighted by molar-refractivity contribution is 0.0716. The lowest BCUT2D eigenvalue weighted by Crippen LogP contribution is -2.37. The standard InChI is InChI=1S/C19H19FN6O2S/c1-11-17(29-25-22-11)19(28)26-8-6-12(7-9-26)15-10-16(24-23-15)18(27)21-14-5-3-2-4-13(14)20/h2-5,10,12H,6-9H2,1H3,(H,21,27)(H,23,24). The van der Waals surface area contributed by atoms with Gasteiger partial charge in [0.1, 0.15) is 10.7 Å². The molecule has 2 aromatic heterocycles. The van der Waals surface area contributed by atoms with E-state index in [0.717, 1.165) is 30.1 Å². The quantitative estimate of drug-likeness (QED) is 0.683. The predicted molar refractivity (Wildman–Crippen MR) is 105 cm³/mol. The number of amides is 2. The van der Waals surface area contributed by atoms with E-state index in [-0.39, 0.29) is 23.2 Å². The number of nitrogens with zero attached hydrogens (tertiary/aromatic N) is 4. The topological polar surface area (TPSA) is 104 Å². The Morgan fingerprint density at radius 2 is 2.03 bits per heavy atom. The maximum Gasteiger partial charge on any atom is 0.276 e. The van der Waals surface area contributed by atoms with Gasteiger partial charge >= 0.3 is 0 Å². The molecule has 10 heteroatoms. The molecule has 2 N–H and O–H groups in total. The number of nitrogens with one attached hydrogen (secondary N) is 2. The van der Waals surface area contributed by atoms with E-state index < -0.39 is 11.7 Å². The molecule has 2 amide bonds. The zero-order valence-electron chi connectivity index (χ0n) is 15.7. The van der Waals surface area contributed by atoms with Gasteiger partial charge in [-0.25, -0.2) is 4.39 Å². The first kappa shape index (κ1) is 19.2. The van der Waals surface area contributed by atoms with Gasteiger partial charge < -0.3 is 10.2 Å². The van der Waals surface area contributed by atoms with Gasteiger partial charge in [-0.1, -0.05) is 16.6 Å². The van der Waals surface area contributed by atoms with Gasteiger partial charge in [-0.2, -0.15) is 5.10 Å². The fourth-order valence-electron chi connectivity index (χ4n) is 3.38. The number of para-hydroxylation sites is 1. The Kier molecular flexibility index (Phi) is 5.34. The summed E-state index contributed by atoms with van der Waals surface area (Å²) in [6.07, 6.45) is 1.52. The van der Waals surface area contributed by atoms with Crippen molar-refractivity contribution in [2.24, 2.45) is 0 Å². The lowest BCUT2D eigenvalue weighted by atomic mass is 9.93. The molecule has 0 atom stereocenters. The fraction of sp³-hybridized carbons (Fsp3) is 0.316. The Morgan fingerprint density at radius 1 is 1.28 bits per heavy atom. The Hall–Kier alpha value is -3.14. The van der Waals surface area contributed by atoms with Gasteiger partial charge in [0, 0.05) is 24.7 Å². The van der Waals surface area contributed by atoms with Crippen molar-refractivity contribution in [3.05, 3.63) is 58.1 Å². The van der Waals surface area contributed by atoms with Crippen molar-refractivity contribution in [2.45, 2.75) is 25.7 Å². The van der Waals surface area contributed by atoms with Crippen molar-refractivity contribution in [1.29, 1.82) is 0 Å². The van der Waals surface area contributed by atoms with Crippen molar-refractivity contribution in [2.75, 3.05) is 18.4 Å². The number of H-pyrrole nitrogens is 1. The highest BCUT2D eigenvalue weighted by atomic mass is 32.1. The van der Waals surface area contributed by atoms with Crippen LogP contribution in [0.2, 0.25) is 0 Å². The second kappa shape index (κ2) is 8.08. The minimum absolute atomic E-state index is 0.0366. The summed E-state index contributed by atoms with van der Waals surface area (Å²) in [6.45, 7) is 3.00. The number of anilines is 1. The van der Waals surface area contributed by atoms with Gasteiger partial charge in [-0.15, -0.1) is 5.10 Å². The van der Waals surface area contributed by atoms with Crippen LogP contribution in [0.15, 0.2) is 30.3 Å². The minimum Gasteiger partial charge on any atom is -0.338 e. The Morgan fingerprint density at radius 3 is 2.72 bits per heavy atom. The summed E-state index contributed by atoms with van der Waals surface area (Å²) in [5, 5.41) is 13.4. The van der Waals surface area contributed by atoms with Crippen LogP contribution in [0.25, 0.3) is 0 Å². The fourth-order valence-corrected chi connectivity index (χ4v) is 4.00. The molecule has 3 aromatic rings. The Labute approximate surface area is 170 Å². The summed E-state index contributed by atoms with van der Waals surface area (Å²) in [7, 11) is 0. The molecule has 1 aromatic carbocycles. The number of benzene rings is 1. The van der Waals surface area contributed by atoms with Gasteiger partial charge in [0.05, 0.1) is 11.4 Å². The summed E-state index contributed by atoms with van der Waals surface area (Å²) in [5.41, 5.74) is 1.81. The summed E-state index contributed by atoms with van der Waals surface area (Å²) in [5.74, 6) is -0.842. The van der Waals surface area contributed by atoms with Crippen molar-refractivity contribution in [1.82, 2.24) is 24.7 Å². The minimum atomic E-state index is -0.500. The Balaban J connectivity index is 1.37. The lowest BCUT2D eigenvalue weighted by Gasteiger charge is -2.31. The highest BCUT2D eigenvalue weighted by molar-refractivity contribution is 7.07. The Bertz CT molecular complexity index is 1040. The van der Waals surface area contributed by atoms with Crippen LogP contribution in [0.5, 0.6) is 0 Å². The largest absolute Gasteiger partial charge is 0.338 e. The second-order valence-electron chi connectivity index (χ2n) is 6.90. The molecule has 1 fully saturated rings. The number of carbonyl (C=O) groups is 2. The molecule has 29 heavy (non-hydrogen) atoms. The molecule has 1 aliphatic heterocycles. The highest BCUT2D eigenvalue weighted by Crippen LogP contribution is 2.28. The van der Waals surface area contributed by atoms with Crippen LogP contribution in [-0.4, -0.2) is 49.6 Å². The third kappa shape index (κ3) is 4.02. The van der Waals surface area contributed by atoms with Crippen LogP contribution in [0.4, 0.5) is 10.1 Å². The molecular formula is C19H19FN6O2S. The molecule has 0 aliphatic carbocycles. The number of hydrogen-bond donors (Lipinski definition) is 2. The number of aromatic amines is 1. The molecule has 150 valence electrons. The van der Waals surface area contributed by atoms with E-state index in [1.54, 1.807) is 30.0 Å². The van der Waals surface area contributed by atoms with Crippen molar-refractivity contribution in [3.8, 4) is 0 Å². The number of likely N-dealkylation sites (tertiary alicyclic amines) is 1. The molecule has 0 unspecified atom stereocenters. The summed E-state index contributed by atoms with van der Waals surface area (Å²) < 4.78 is 17.5. The molecule has 0 radical (unpaired) electrons.